The summed E-state index contributed by atoms with van der Waals surface area (Å²) in [5.74, 6) is -0.341. The van der Waals surface area contributed by atoms with Gasteiger partial charge in [-0.25, -0.2) is 12.8 Å². The smallest absolute Gasteiger partial charge is 0.261 e. The maximum Gasteiger partial charge on any atom is 0.261 e. The van der Waals surface area contributed by atoms with Crippen LogP contribution in [0.1, 0.15) is 5.56 Å². The van der Waals surface area contributed by atoms with E-state index < -0.39 is 10.0 Å². The minimum Gasteiger partial charge on any atom is -0.366 e. The summed E-state index contributed by atoms with van der Waals surface area (Å²) in [6.07, 6.45) is 0. The van der Waals surface area contributed by atoms with Gasteiger partial charge in [-0.15, -0.1) is 0 Å². The lowest BCUT2D eigenvalue weighted by Gasteiger charge is -2.38. The highest BCUT2D eigenvalue weighted by Gasteiger charge is 2.23. The zero-order valence-electron chi connectivity index (χ0n) is 17.1. The van der Waals surface area contributed by atoms with Crippen molar-refractivity contribution in [2.24, 2.45) is 0 Å². The number of hydrogen-bond donors (Lipinski definition) is 1. The van der Waals surface area contributed by atoms with Crippen molar-refractivity contribution in [2.45, 2.75) is 11.8 Å². The Hall–Kier alpha value is -2.77. The average molecular weight is 460 g/mol. The molecule has 8 heteroatoms. The summed E-state index contributed by atoms with van der Waals surface area (Å²) < 4.78 is 42.7. The van der Waals surface area contributed by atoms with Crippen LogP contribution < -0.4 is 14.5 Å². The highest BCUT2D eigenvalue weighted by molar-refractivity contribution is 7.92. The Labute approximate surface area is 187 Å². The van der Waals surface area contributed by atoms with E-state index in [1.807, 2.05) is 24.0 Å². The molecular formula is C23H23ClFN3O2S. The number of hydrogen-bond acceptors (Lipinski definition) is 4. The number of benzene rings is 3. The van der Waals surface area contributed by atoms with Crippen LogP contribution in [0, 0.1) is 12.7 Å². The van der Waals surface area contributed by atoms with E-state index in [0.29, 0.717) is 42.6 Å². The number of para-hydroxylation sites is 2. The standard InChI is InChI=1S/C23H23ClFN3O2S/c1-17-6-9-19(10-7-17)31(29,30)26-21-4-2-3-5-23(21)28-14-12-27(13-15-28)22-11-8-18(24)16-20(22)25/h2-11,16,26H,12-15H2,1H3. The molecule has 31 heavy (non-hydrogen) atoms. The van der Waals surface area contributed by atoms with Gasteiger partial charge in [0.2, 0.25) is 0 Å². The van der Waals surface area contributed by atoms with Crippen LogP contribution in [0.4, 0.5) is 21.5 Å². The van der Waals surface area contributed by atoms with Gasteiger partial charge in [-0.05, 0) is 49.4 Å². The third kappa shape index (κ3) is 4.78. The molecule has 0 atom stereocenters. The van der Waals surface area contributed by atoms with Crippen molar-refractivity contribution in [1.82, 2.24) is 0 Å². The molecule has 1 N–H and O–H groups in total. The van der Waals surface area contributed by atoms with Crippen molar-refractivity contribution in [3.05, 3.63) is 83.1 Å². The monoisotopic (exact) mass is 459 g/mol. The number of aryl methyl sites for hydroxylation is 1. The van der Waals surface area contributed by atoms with Gasteiger partial charge in [0.1, 0.15) is 5.82 Å². The fourth-order valence-corrected chi connectivity index (χ4v) is 4.92. The molecule has 0 aliphatic carbocycles. The van der Waals surface area contributed by atoms with Crippen LogP contribution >= 0.6 is 11.6 Å². The summed E-state index contributed by atoms with van der Waals surface area (Å²) in [4.78, 5) is 4.30. The molecule has 1 heterocycles. The van der Waals surface area contributed by atoms with Gasteiger partial charge < -0.3 is 9.80 Å². The molecule has 5 nitrogen and oxygen atoms in total. The lowest BCUT2D eigenvalue weighted by molar-refractivity contribution is 0.597. The summed E-state index contributed by atoms with van der Waals surface area (Å²) in [5.41, 5.74) is 2.84. The van der Waals surface area contributed by atoms with Crippen molar-refractivity contribution in [2.75, 3.05) is 40.7 Å². The maximum absolute atomic E-state index is 14.3. The second-order valence-electron chi connectivity index (χ2n) is 7.51. The van der Waals surface area contributed by atoms with Gasteiger partial charge >= 0.3 is 0 Å². The zero-order valence-corrected chi connectivity index (χ0v) is 18.6. The molecule has 1 saturated heterocycles. The highest BCUT2D eigenvalue weighted by atomic mass is 35.5. The number of anilines is 3. The summed E-state index contributed by atoms with van der Waals surface area (Å²) in [7, 11) is -3.70. The number of rotatable bonds is 5. The fraction of sp³-hybridized carbons (Fsp3) is 0.217. The lowest BCUT2D eigenvalue weighted by atomic mass is 10.2. The predicted molar refractivity (Wildman–Crippen MR) is 124 cm³/mol. The first-order chi connectivity index (χ1) is 14.8. The number of nitrogens with one attached hydrogen (secondary N) is 1. The van der Waals surface area contributed by atoms with Crippen molar-refractivity contribution in [3.63, 3.8) is 0 Å². The molecule has 3 aromatic carbocycles. The Bertz CT molecular complexity index is 1180. The Morgan fingerprint density at radius 1 is 0.871 bits per heavy atom. The molecule has 1 fully saturated rings. The van der Waals surface area contributed by atoms with Crippen LogP contribution in [0.5, 0.6) is 0 Å². The van der Waals surface area contributed by atoms with Crippen LogP contribution in [0.2, 0.25) is 5.02 Å². The van der Waals surface area contributed by atoms with Crippen LogP contribution in [-0.2, 0) is 10.0 Å². The maximum atomic E-state index is 14.3. The van der Waals surface area contributed by atoms with Crippen molar-refractivity contribution >= 4 is 38.7 Å². The van der Waals surface area contributed by atoms with Gasteiger partial charge in [-0.2, -0.15) is 0 Å². The normalized spacial score (nSPS) is 14.5. The zero-order chi connectivity index (χ0) is 22.0. The van der Waals surface area contributed by atoms with Crippen molar-refractivity contribution in [3.8, 4) is 0 Å². The highest BCUT2D eigenvalue weighted by Crippen LogP contribution is 2.30. The molecule has 0 unspecified atom stereocenters. The fourth-order valence-electron chi connectivity index (χ4n) is 3.68. The Morgan fingerprint density at radius 3 is 2.13 bits per heavy atom. The van der Waals surface area contributed by atoms with Crippen LogP contribution in [0.25, 0.3) is 0 Å². The second-order valence-corrected chi connectivity index (χ2v) is 9.62. The number of nitrogens with zero attached hydrogens (tertiary/aromatic N) is 2. The van der Waals surface area contributed by atoms with Crippen molar-refractivity contribution < 1.29 is 12.8 Å². The Balaban J connectivity index is 1.51. The van der Waals surface area contributed by atoms with E-state index in [2.05, 4.69) is 9.62 Å². The molecular weight excluding hydrogens is 437 g/mol. The van der Waals surface area contributed by atoms with Crippen LogP contribution in [-0.4, -0.2) is 34.6 Å². The first-order valence-electron chi connectivity index (χ1n) is 9.97. The van der Waals surface area contributed by atoms with Crippen molar-refractivity contribution in [1.29, 1.82) is 0 Å². The third-order valence-corrected chi connectivity index (χ3v) is 6.97. The quantitative estimate of drug-likeness (QED) is 0.588. The number of halogens is 2. The molecule has 0 bridgehead atoms. The predicted octanol–water partition coefficient (Wildman–Crippen LogP) is 4.91. The minimum absolute atomic E-state index is 0.218. The summed E-state index contributed by atoms with van der Waals surface area (Å²) in [5, 5.41) is 0.370. The molecule has 0 spiro atoms. The molecule has 4 rings (SSSR count). The van der Waals surface area contributed by atoms with Gasteiger partial charge in [0, 0.05) is 31.2 Å². The first-order valence-corrected chi connectivity index (χ1v) is 11.8. The molecule has 0 saturated carbocycles. The molecule has 1 aliphatic rings. The third-order valence-electron chi connectivity index (χ3n) is 5.35. The van der Waals surface area contributed by atoms with E-state index in [1.165, 1.54) is 6.07 Å². The van der Waals surface area contributed by atoms with Gasteiger partial charge in [-0.1, -0.05) is 41.4 Å². The molecule has 0 aromatic heterocycles. The summed E-state index contributed by atoms with van der Waals surface area (Å²) >= 11 is 5.86. The van der Waals surface area contributed by atoms with E-state index in [4.69, 9.17) is 11.6 Å². The van der Waals surface area contributed by atoms with Gasteiger partial charge in [-0.3, -0.25) is 4.72 Å². The summed E-state index contributed by atoms with van der Waals surface area (Å²) in [6.45, 7) is 4.39. The number of sulfonamides is 1. The van der Waals surface area contributed by atoms with Gasteiger partial charge in [0.15, 0.2) is 0 Å². The Kier molecular flexibility index (Phi) is 6.07. The molecule has 0 amide bonds. The summed E-state index contributed by atoms with van der Waals surface area (Å²) in [6, 6.07) is 18.8. The molecule has 162 valence electrons. The second kappa shape index (κ2) is 8.77. The van der Waals surface area contributed by atoms with E-state index in [-0.39, 0.29) is 10.7 Å². The van der Waals surface area contributed by atoms with E-state index in [9.17, 15) is 12.8 Å². The number of piperazine rings is 1. The average Bonchev–Trinajstić information content (AvgIpc) is 2.74. The minimum atomic E-state index is -3.70. The lowest BCUT2D eigenvalue weighted by Crippen LogP contribution is -2.47. The van der Waals surface area contributed by atoms with Gasteiger partial charge in [0.05, 0.1) is 22.0 Å². The first kappa shape index (κ1) is 21.5. The van der Waals surface area contributed by atoms with Gasteiger partial charge in [0.25, 0.3) is 10.0 Å². The van der Waals surface area contributed by atoms with E-state index in [1.54, 1.807) is 48.5 Å². The molecule has 3 aromatic rings. The van der Waals surface area contributed by atoms with Crippen LogP contribution in [0.3, 0.4) is 0 Å². The Morgan fingerprint density at radius 2 is 1.48 bits per heavy atom. The van der Waals surface area contributed by atoms with Crippen LogP contribution in [0.15, 0.2) is 71.6 Å². The van der Waals surface area contributed by atoms with E-state index >= 15 is 0 Å². The largest absolute Gasteiger partial charge is 0.366 e. The topological polar surface area (TPSA) is 52.7 Å². The molecule has 1 aliphatic heterocycles. The molecule has 0 radical (unpaired) electrons. The van der Waals surface area contributed by atoms with E-state index in [0.717, 1.165) is 11.3 Å². The SMILES string of the molecule is Cc1ccc(S(=O)(=O)Nc2ccccc2N2CCN(c3ccc(Cl)cc3F)CC2)cc1.